The van der Waals surface area contributed by atoms with E-state index in [-0.39, 0.29) is 0 Å². The third kappa shape index (κ3) is 4.85. The van der Waals surface area contributed by atoms with E-state index in [1.165, 1.54) is 16.7 Å². The standard InChI is InChI=1S/C19H24N2S/c1-13(2)10-16-12-18(9-8-15(16)4)21-19(22)20-17-7-5-6-14(3)11-17/h5-9,11-13H,10H2,1-4H3,(H2,20,21,22). The fourth-order valence-corrected chi connectivity index (χ4v) is 2.66. The molecule has 0 fully saturated rings. The summed E-state index contributed by atoms with van der Waals surface area (Å²) in [4.78, 5) is 0. The van der Waals surface area contributed by atoms with Crippen LogP contribution in [0.25, 0.3) is 0 Å². The monoisotopic (exact) mass is 312 g/mol. The number of rotatable bonds is 4. The molecule has 0 bridgehead atoms. The molecule has 2 aromatic carbocycles. The molecule has 0 amide bonds. The van der Waals surface area contributed by atoms with E-state index >= 15 is 0 Å². The molecule has 0 saturated heterocycles. The number of nitrogens with one attached hydrogen (secondary N) is 2. The van der Waals surface area contributed by atoms with Crippen molar-refractivity contribution in [3.05, 3.63) is 59.2 Å². The van der Waals surface area contributed by atoms with Crippen molar-refractivity contribution in [2.45, 2.75) is 34.1 Å². The maximum absolute atomic E-state index is 5.40. The first kappa shape index (κ1) is 16.5. The maximum Gasteiger partial charge on any atom is 0.175 e. The zero-order chi connectivity index (χ0) is 16.1. The number of hydrogen-bond acceptors (Lipinski definition) is 1. The molecule has 0 aliphatic carbocycles. The van der Waals surface area contributed by atoms with Gasteiger partial charge in [-0.15, -0.1) is 0 Å². The highest BCUT2D eigenvalue weighted by molar-refractivity contribution is 7.80. The topological polar surface area (TPSA) is 24.1 Å². The molecule has 0 spiro atoms. The minimum absolute atomic E-state index is 0.616. The Bertz CT molecular complexity index is 662. The Kier molecular flexibility index (Phi) is 5.56. The zero-order valence-electron chi connectivity index (χ0n) is 13.7. The number of aryl methyl sites for hydroxylation is 2. The Balaban J connectivity index is 2.05. The van der Waals surface area contributed by atoms with Gasteiger partial charge >= 0.3 is 0 Å². The molecule has 0 heterocycles. The van der Waals surface area contributed by atoms with Crippen LogP contribution in [0.1, 0.15) is 30.5 Å². The third-order valence-corrected chi connectivity index (χ3v) is 3.72. The first-order valence-electron chi connectivity index (χ1n) is 7.68. The van der Waals surface area contributed by atoms with Gasteiger partial charge in [-0.1, -0.05) is 32.0 Å². The molecule has 0 atom stereocenters. The smallest absolute Gasteiger partial charge is 0.175 e. The minimum Gasteiger partial charge on any atom is -0.332 e. The van der Waals surface area contributed by atoms with Crippen molar-refractivity contribution in [1.82, 2.24) is 0 Å². The summed E-state index contributed by atoms with van der Waals surface area (Å²) in [7, 11) is 0. The summed E-state index contributed by atoms with van der Waals surface area (Å²) in [5, 5.41) is 7.11. The van der Waals surface area contributed by atoms with Crippen LogP contribution in [0.2, 0.25) is 0 Å². The van der Waals surface area contributed by atoms with Crippen LogP contribution in [0.5, 0.6) is 0 Å². The fourth-order valence-electron chi connectivity index (χ4n) is 2.43. The van der Waals surface area contributed by atoms with Gasteiger partial charge < -0.3 is 10.6 Å². The van der Waals surface area contributed by atoms with E-state index in [9.17, 15) is 0 Å². The Morgan fingerprint density at radius 1 is 1.00 bits per heavy atom. The first-order valence-corrected chi connectivity index (χ1v) is 8.09. The van der Waals surface area contributed by atoms with Gasteiger partial charge in [0.15, 0.2) is 5.11 Å². The fraction of sp³-hybridized carbons (Fsp3) is 0.316. The van der Waals surface area contributed by atoms with Crippen molar-refractivity contribution < 1.29 is 0 Å². The number of anilines is 2. The van der Waals surface area contributed by atoms with Crippen LogP contribution in [-0.4, -0.2) is 5.11 Å². The average molecular weight is 312 g/mol. The Morgan fingerprint density at radius 2 is 1.68 bits per heavy atom. The molecule has 0 unspecified atom stereocenters. The molecule has 3 heteroatoms. The van der Waals surface area contributed by atoms with Crippen LogP contribution in [0.4, 0.5) is 11.4 Å². The molecule has 116 valence electrons. The maximum atomic E-state index is 5.40. The van der Waals surface area contributed by atoms with E-state index in [4.69, 9.17) is 12.2 Å². The van der Waals surface area contributed by atoms with Crippen molar-refractivity contribution in [1.29, 1.82) is 0 Å². The molecule has 0 radical (unpaired) electrons. The van der Waals surface area contributed by atoms with Gasteiger partial charge in [0.05, 0.1) is 0 Å². The van der Waals surface area contributed by atoms with Crippen molar-refractivity contribution >= 4 is 28.7 Å². The van der Waals surface area contributed by atoms with Crippen LogP contribution in [0, 0.1) is 19.8 Å². The van der Waals surface area contributed by atoms with Crippen LogP contribution in [-0.2, 0) is 6.42 Å². The van der Waals surface area contributed by atoms with Crippen LogP contribution >= 0.6 is 12.2 Å². The van der Waals surface area contributed by atoms with E-state index in [1.807, 2.05) is 12.1 Å². The molecular weight excluding hydrogens is 288 g/mol. The predicted octanol–water partition coefficient (Wildman–Crippen LogP) is 5.31. The quantitative estimate of drug-likeness (QED) is 0.748. The summed E-state index contributed by atoms with van der Waals surface area (Å²) >= 11 is 5.40. The Labute approximate surface area is 139 Å². The summed E-state index contributed by atoms with van der Waals surface area (Å²) in [5.74, 6) is 0.645. The minimum atomic E-state index is 0.616. The van der Waals surface area contributed by atoms with Crippen molar-refractivity contribution in [3.8, 4) is 0 Å². The van der Waals surface area contributed by atoms with Gasteiger partial charge in [0.25, 0.3) is 0 Å². The lowest BCUT2D eigenvalue weighted by Crippen LogP contribution is -2.19. The van der Waals surface area contributed by atoms with E-state index in [1.54, 1.807) is 0 Å². The van der Waals surface area contributed by atoms with E-state index in [0.717, 1.165) is 17.8 Å². The SMILES string of the molecule is Cc1cccc(NC(=S)Nc2ccc(C)c(CC(C)C)c2)c1. The highest BCUT2D eigenvalue weighted by atomic mass is 32.1. The van der Waals surface area contributed by atoms with E-state index in [2.05, 4.69) is 68.7 Å². The average Bonchev–Trinajstić information content (AvgIpc) is 2.42. The van der Waals surface area contributed by atoms with Crippen LogP contribution in [0.3, 0.4) is 0 Å². The lowest BCUT2D eigenvalue weighted by atomic mass is 9.98. The predicted molar refractivity (Wildman–Crippen MR) is 101 cm³/mol. The lowest BCUT2D eigenvalue weighted by Gasteiger charge is -2.14. The van der Waals surface area contributed by atoms with Gasteiger partial charge in [-0.05, 0) is 79.4 Å². The summed E-state index contributed by atoms with van der Waals surface area (Å²) < 4.78 is 0. The molecule has 0 aromatic heterocycles. The summed E-state index contributed by atoms with van der Waals surface area (Å²) in [6, 6.07) is 14.6. The summed E-state index contributed by atoms with van der Waals surface area (Å²) in [6.07, 6.45) is 1.08. The third-order valence-electron chi connectivity index (χ3n) is 3.51. The highest BCUT2D eigenvalue weighted by Gasteiger charge is 2.05. The molecular formula is C19H24N2S. The second-order valence-corrected chi connectivity index (χ2v) is 6.60. The number of benzene rings is 2. The molecule has 0 saturated carbocycles. The van der Waals surface area contributed by atoms with Gasteiger partial charge in [-0.25, -0.2) is 0 Å². The summed E-state index contributed by atoms with van der Waals surface area (Å²) in [5.41, 5.74) is 5.95. The summed E-state index contributed by atoms with van der Waals surface area (Å²) in [6.45, 7) is 8.71. The van der Waals surface area contributed by atoms with Gasteiger partial charge in [0.1, 0.15) is 0 Å². The van der Waals surface area contributed by atoms with E-state index in [0.29, 0.717) is 11.0 Å². The Hall–Kier alpha value is -1.87. The number of hydrogen-bond donors (Lipinski definition) is 2. The first-order chi connectivity index (χ1) is 10.4. The second kappa shape index (κ2) is 7.41. The van der Waals surface area contributed by atoms with Crippen molar-refractivity contribution in [3.63, 3.8) is 0 Å². The normalized spacial score (nSPS) is 10.6. The van der Waals surface area contributed by atoms with Gasteiger partial charge in [0, 0.05) is 11.4 Å². The molecule has 2 N–H and O–H groups in total. The molecule has 22 heavy (non-hydrogen) atoms. The zero-order valence-corrected chi connectivity index (χ0v) is 14.6. The molecule has 2 aromatic rings. The second-order valence-electron chi connectivity index (χ2n) is 6.19. The molecule has 2 nitrogen and oxygen atoms in total. The molecule has 2 rings (SSSR count). The lowest BCUT2D eigenvalue weighted by molar-refractivity contribution is 0.645. The molecule has 0 aliphatic heterocycles. The van der Waals surface area contributed by atoms with E-state index < -0.39 is 0 Å². The Morgan fingerprint density at radius 3 is 2.32 bits per heavy atom. The van der Waals surface area contributed by atoms with Crippen LogP contribution < -0.4 is 10.6 Å². The molecule has 0 aliphatic rings. The van der Waals surface area contributed by atoms with Crippen molar-refractivity contribution in [2.75, 3.05) is 10.6 Å². The van der Waals surface area contributed by atoms with Crippen molar-refractivity contribution in [2.24, 2.45) is 5.92 Å². The largest absolute Gasteiger partial charge is 0.332 e. The number of thiocarbonyl (C=S) groups is 1. The highest BCUT2D eigenvalue weighted by Crippen LogP contribution is 2.19. The van der Waals surface area contributed by atoms with Gasteiger partial charge in [0.2, 0.25) is 0 Å². The van der Waals surface area contributed by atoms with Gasteiger partial charge in [-0.2, -0.15) is 0 Å². The van der Waals surface area contributed by atoms with Crippen LogP contribution in [0.15, 0.2) is 42.5 Å². The van der Waals surface area contributed by atoms with Gasteiger partial charge in [-0.3, -0.25) is 0 Å².